The van der Waals surface area contributed by atoms with Gasteiger partial charge in [0.2, 0.25) is 5.91 Å². The van der Waals surface area contributed by atoms with Crippen molar-refractivity contribution in [1.82, 2.24) is 10.2 Å². The van der Waals surface area contributed by atoms with Gasteiger partial charge in [-0.05, 0) is 31.4 Å². The largest absolute Gasteiger partial charge is 0.494 e. The van der Waals surface area contributed by atoms with Gasteiger partial charge in [-0.1, -0.05) is 6.92 Å². The number of hydrogen-bond acceptors (Lipinski definition) is 3. The number of nitrogens with zero attached hydrogens (tertiary/aromatic N) is 1. The SMILES string of the molecule is CCCNC(=O)C1CCCN(C(=O)Nc2ccc(F)cc2OC)C1. The molecule has 2 rings (SSSR count). The van der Waals surface area contributed by atoms with Crippen LogP contribution < -0.4 is 15.4 Å². The van der Waals surface area contributed by atoms with E-state index in [1.54, 1.807) is 4.90 Å². The van der Waals surface area contributed by atoms with Gasteiger partial charge in [0.15, 0.2) is 0 Å². The maximum Gasteiger partial charge on any atom is 0.321 e. The monoisotopic (exact) mass is 337 g/mol. The van der Waals surface area contributed by atoms with E-state index in [9.17, 15) is 14.0 Å². The van der Waals surface area contributed by atoms with Crippen molar-refractivity contribution in [3.05, 3.63) is 24.0 Å². The van der Waals surface area contributed by atoms with Crippen molar-refractivity contribution < 1.29 is 18.7 Å². The van der Waals surface area contributed by atoms with Crippen LogP contribution in [0, 0.1) is 11.7 Å². The summed E-state index contributed by atoms with van der Waals surface area (Å²) in [5.41, 5.74) is 0.404. The number of hydrogen-bond donors (Lipinski definition) is 2. The van der Waals surface area contributed by atoms with Crippen LogP contribution in [0.3, 0.4) is 0 Å². The first-order valence-corrected chi connectivity index (χ1v) is 8.22. The fourth-order valence-corrected chi connectivity index (χ4v) is 2.73. The number of carbonyl (C=O) groups is 2. The zero-order valence-electron chi connectivity index (χ0n) is 14.1. The van der Waals surface area contributed by atoms with Crippen LogP contribution in [0.1, 0.15) is 26.2 Å². The number of urea groups is 1. The molecule has 1 fully saturated rings. The molecule has 0 saturated carbocycles. The van der Waals surface area contributed by atoms with E-state index >= 15 is 0 Å². The molecule has 1 unspecified atom stereocenters. The summed E-state index contributed by atoms with van der Waals surface area (Å²) < 4.78 is 18.3. The Morgan fingerprint density at radius 3 is 2.92 bits per heavy atom. The average molecular weight is 337 g/mol. The van der Waals surface area contributed by atoms with Crippen LogP contribution in [0.15, 0.2) is 18.2 Å². The van der Waals surface area contributed by atoms with Gasteiger partial charge >= 0.3 is 6.03 Å². The minimum Gasteiger partial charge on any atom is -0.494 e. The van der Waals surface area contributed by atoms with Gasteiger partial charge in [0.25, 0.3) is 0 Å². The molecule has 132 valence electrons. The van der Waals surface area contributed by atoms with E-state index in [2.05, 4.69) is 10.6 Å². The van der Waals surface area contributed by atoms with Crippen molar-refractivity contribution in [2.45, 2.75) is 26.2 Å². The Labute approximate surface area is 141 Å². The molecule has 7 heteroatoms. The molecule has 0 aromatic heterocycles. The number of benzene rings is 1. The van der Waals surface area contributed by atoms with Crippen LogP contribution in [0.2, 0.25) is 0 Å². The lowest BCUT2D eigenvalue weighted by molar-refractivity contribution is -0.126. The molecule has 1 aromatic carbocycles. The molecule has 0 bridgehead atoms. The van der Waals surface area contributed by atoms with E-state index in [4.69, 9.17) is 4.74 Å². The summed E-state index contributed by atoms with van der Waals surface area (Å²) >= 11 is 0. The number of nitrogens with one attached hydrogen (secondary N) is 2. The second-order valence-corrected chi connectivity index (χ2v) is 5.85. The number of halogens is 1. The molecule has 1 saturated heterocycles. The summed E-state index contributed by atoms with van der Waals surface area (Å²) in [7, 11) is 1.42. The predicted octanol–water partition coefficient (Wildman–Crippen LogP) is 2.60. The Balaban J connectivity index is 1.98. The highest BCUT2D eigenvalue weighted by Gasteiger charge is 2.28. The van der Waals surface area contributed by atoms with Gasteiger partial charge < -0.3 is 20.3 Å². The van der Waals surface area contributed by atoms with Crippen molar-refractivity contribution in [3.8, 4) is 5.75 Å². The smallest absolute Gasteiger partial charge is 0.321 e. The summed E-state index contributed by atoms with van der Waals surface area (Å²) in [4.78, 5) is 26.1. The van der Waals surface area contributed by atoms with Crippen LogP contribution in [-0.2, 0) is 4.79 Å². The highest BCUT2D eigenvalue weighted by atomic mass is 19.1. The van der Waals surface area contributed by atoms with Gasteiger partial charge in [-0.3, -0.25) is 4.79 Å². The summed E-state index contributed by atoms with van der Waals surface area (Å²) in [5, 5.41) is 5.60. The predicted molar refractivity (Wildman–Crippen MR) is 89.6 cm³/mol. The highest BCUT2D eigenvalue weighted by Crippen LogP contribution is 2.26. The second-order valence-electron chi connectivity index (χ2n) is 5.85. The first-order chi connectivity index (χ1) is 11.5. The normalized spacial score (nSPS) is 17.3. The molecule has 1 aliphatic rings. The molecule has 1 aromatic rings. The van der Waals surface area contributed by atoms with Crippen molar-refractivity contribution in [3.63, 3.8) is 0 Å². The third-order valence-corrected chi connectivity index (χ3v) is 4.03. The maximum absolute atomic E-state index is 13.2. The molecule has 1 aliphatic heterocycles. The Morgan fingerprint density at radius 1 is 1.42 bits per heavy atom. The number of amides is 3. The third-order valence-electron chi connectivity index (χ3n) is 4.03. The third kappa shape index (κ3) is 4.59. The molecular formula is C17H24FN3O3. The quantitative estimate of drug-likeness (QED) is 0.868. The molecule has 6 nitrogen and oxygen atoms in total. The molecule has 1 heterocycles. The number of ether oxygens (including phenoxy) is 1. The number of anilines is 1. The summed E-state index contributed by atoms with van der Waals surface area (Å²) in [6, 6.07) is 3.62. The van der Waals surface area contributed by atoms with Crippen LogP contribution in [0.5, 0.6) is 5.75 Å². The van der Waals surface area contributed by atoms with E-state index in [0.29, 0.717) is 25.3 Å². The lowest BCUT2D eigenvalue weighted by Gasteiger charge is -2.32. The van der Waals surface area contributed by atoms with Gasteiger partial charge in [0, 0.05) is 25.7 Å². The van der Waals surface area contributed by atoms with E-state index in [-0.39, 0.29) is 23.6 Å². The van der Waals surface area contributed by atoms with Gasteiger partial charge in [-0.2, -0.15) is 0 Å². The zero-order valence-corrected chi connectivity index (χ0v) is 14.1. The fraction of sp³-hybridized carbons (Fsp3) is 0.529. The zero-order chi connectivity index (χ0) is 17.5. The number of piperidine rings is 1. The van der Waals surface area contributed by atoms with Crippen LogP contribution in [0.4, 0.5) is 14.9 Å². The van der Waals surface area contributed by atoms with Gasteiger partial charge in [0.1, 0.15) is 11.6 Å². The van der Waals surface area contributed by atoms with E-state index in [1.165, 1.54) is 25.3 Å². The highest BCUT2D eigenvalue weighted by molar-refractivity contribution is 5.91. The van der Waals surface area contributed by atoms with Crippen molar-refractivity contribution in [2.75, 3.05) is 32.1 Å². The number of likely N-dealkylation sites (tertiary alicyclic amines) is 1. The van der Waals surface area contributed by atoms with E-state index < -0.39 is 5.82 Å². The molecule has 24 heavy (non-hydrogen) atoms. The van der Waals surface area contributed by atoms with Gasteiger partial charge in [0.05, 0.1) is 18.7 Å². The summed E-state index contributed by atoms with van der Waals surface area (Å²) in [5.74, 6) is -0.368. The molecular weight excluding hydrogens is 313 g/mol. The lowest BCUT2D eigenvalue weighted by atomic mass is 9.97. The number of carbonyl (C=O) groups excluding carboxylic acids is 2. The molecule has 0 spiro atoms. The van der Waals surface area contributed by atoms with Gasteiger partial charge in [-0.15, -0.1) is 0 Å². The van der Waals surface area contributed by atoms with E-state index in [0.717, 1.165) is 19.3 Å². The van der Waals surface area contributed by atoms with Crippen molar-refractivity contribution >= 4 is 17.6 Å². The van der Waals surface area contributed by atoms with Crippen molar-refractivity contribution in [1.29, 1.82) is 0 Å². The molecule has 2 N–H and O–H groups in total. The first kappa shape index (κ1) is 18.0. The van der Waals surface area contributed by atoms with Crippen LogP contribution >= 0.6 is 0 Å². The second kappa shape index (κ2) is 8.52. The molecule has 0 aliphatic carbocycles. The molecule has 0 radical (unpaired) electrons. The van der Waals surface area contributed by atoms with Gasteiger partial charge in [-0.25, -0.2) is 9.18 Å². The van der Waals surface area contributed by atoms with Crippen molar-refractivity contribution in [2.24, 2.45) is 5.92 Å². The Hall–Kier alpha value is -2.31. The van der Waals surface area contributed by atoms with Crippen LogP contribution in [-0.4, -0.2) is 43.6 Å². The van der Waals surface area contributed by atoms with E-state index in [1.807, 2.05) is 6.92 Å². The minimum atomic E-state index is -0.435. The minimum absolute atomic E-state index is 0.00582. The standard InChI is InChI=1S/C17H24FN3O3/c1-3-8-19-16(22)12-5-4-9-21(11-12)17(23)20-14-7-6-13(18)10-15(14)24-2/h6-7,10,12H,3-5,8-9,11H2,1-2H3,(H,19,22)(H,20,23). The number of rotatable bonds is 5. The topological polar surface area (TPSA) is 70.7 Å². The average Bonchev–Trinajstić information content (AvgIpc) is 2.61. The Bertz CT molecular complexity index is 594. The van der Waals surface area contributed by atoms with Crippen LogP contribution in [0.25, 0.3) is 0 Å². The number of methoxy groups -OCH3 is 1. The Kier molecular flexibility index (Phi) is 6.40. The summed E-state index contributed by atoms with van der Waals surface area (Å²) in [6.45, 7) is 3.61. The molecule has 1 atom stereocenters. The Morgan fingerprint density at radius 2 is 2.21 bits per heavy atom. The maximum atomic E-state index is 13.2. The summed E-state index contributed by atoms with van der Waals surface area (Å²) in [6.07, 6.45) is 2.43. The molecule has 3 amide bonds. The lowest BCUT2D eigenvalue weighted by Crippen LogP contribution is -2.47. The fourth-order valence-electron chi connectivity index (χ4n) is 2.73. The first-order valence-electron chi connectivity index (χ1n) is 8.22.